The Kier molecular flexibility index (Phi) is 6.64. The Morgan fingerprint density at radius 2 is 1.97 bits per heavy atom. The number of hydrogen-bond acceptors (Lipinski definition) is 4. The van der Waals surface area contributed by atoms with Crippen LogP contribution in [0.25, 0.3) is 0 Å². The molecule has 2 unspecified atom stereocenters. The number of para-hydroxylation sites is 1. The van der Waals surface area contributed by atoms with Crippen molar-refractivity contribution >= 4 is 12.2 Å². The Hall–Kier alpha value is -3.47. The van der Waals surface area contributed by atoms with E-state index in [1.165, 1.54) is 0 Å². The van der Waals surface area contributed by atoms with E-state index in [4.69, 9.17) is 4.74 Å². The normalized spacial score (nSPS) is 16.8. The first-order valence-electron chi connectivity index (χ1n) is 11.1. The van der Waals surface area contributed by atoms with Gasteiger partial charge in [0.2, 0.25) is 5.91 Å². The molecule has 1 aliphatic heterocycles. The van der Waals surface area contributed by atoms with Crippen molar-refractivity contribution in [3.05, 3.63) is 89.2 Å². The Morgan fingerprint density at radius 3 is 2.72 bits per heavy atom. The summed E-state index contributed by atoms with van der Waals surface area (Å²) in [5, 5.41) is 0. The summed E-state index contributed by atoms with van der Waals surface area (Å²) in [4.78, 5) is 30.6. The van der Waals surface area contributed by atoms with Crippen molar-refractivity contribution in [1.82, 2.24) is 9.88 Å². The molecular weight excluding hydrogens is 400 g/mol. The van der Waals surface area contributed by atoms with Crippen molar-refractivity contribution in [2.45, 2.75) is 45.1 Å². The molecular formula is C27H28N2O3. The predicted molar refractivity (Wildman–Crippen MR) is 124 cm³/mol. The molecule has 1 aromatic heterocycles. The molecule has 164 valence electrons. The predicted octanol–water partition coefficient (Wildman–Crippen LogP) is 5.72. The molecule has 0 aliphatic carbocycles. The molecule has 3 aromatic rings. The number of hydrogen-bond donors (Lipinski definition) is 0. The molecule has 0 saturated carbocycles. The largest absolute Gasteiger partial charge is 0.457 e. The first-order chi connectivity index (χ1) is 15.6. The van der Waals surface area contributed by atoms with Crippen LogP contribution in [0.5, 0.6) is 11.5 Å². The van der Waals surface area contributed by atoms with Gasteiger partial charge in [-0.05, 0) is 53.8 Å². The highest BCUT2D eigenvalue weighted by Crippen LogP contribution is 2.35. The summed E-state index contributed by atoms with van der Waals surface area (Å²) in [5.74, 6) is 1.88. The van der Waals surface area contributed by atoms with Gasteiger partial charge in [0.05, 0.1) is 12.2 Å². The zero-order valence-electron chi connectivity index (χ0n) is 18.5. The van der Waals surface area contributed by atoms with E-state index >= 15 is 0 Å². The maximum absolute atomic E-state index is 12.6. The van der Waals surface area contributed by atoms with E-state index in [0.717, 1.165) is 35.3 Å². The molecule has 2 heterocycles. The van der Waals surface area contributed by atoms with E-state index in [9.17, 15) is 9.59 Å². The van der Waals surface area contributed by atoms with Gasteiger partial charge in [-0.1, -0.05) is 44.2 Å². The van der Waals surface area contributed by atoms with Crippen molar-refractivity contribution in [1.29, 1.82) is 0 Å². The van der Waals surface area contributed by atoms with E-state index in [1.807, 2.05) is 53.4 Å². The third-order valence-corrected chi connectivity index (χ3v) is 6.21. The number of likely N-dealkylation sites (tertiary alicyclic amines) is 1. The molecule has 0 N–H and O–H groups in total. The second-order valence-corrected chi connectivity index (χ2v) is 8.35. The van der Waals surface area contributed by atoms with Crippen molar-refractivity contribution < 1.29 is 14.3 Å². The van der Waals surface area contributed by atoms with Crippen molar-refractivity contribution in [2.24, 2.45) is 0 Å². The maximum atomic E-state index is 12.6. The molecule has 5 heteroatoms. The molecule has 1 aliphatic rings. The molecule has 5 nitrogen and oxygen atoms in total. The van der Waals surface area contributed by atoms with Gasteiger partial charge >= 0.3 is 0 Å². The summed E-state index contributed by atoms with van der Waals surface area (Å²) < 4.78 is 6.17. The quantitative estimate of drug-likeness (QED) is 0.431. The van der Waals surface area contributed by atoms with E-state index in [0.29, 0.717) is 36.7 Å². The molecule has 2 aromatic carbocycles. The van der Waals surface area contributed by atoms with Gasteiger partial charge in [-0.15, -0.1) is 0 Å². The summed E-state index contributed by atoms with van der Waals surface area (Å²) in [6.45, 7) is 5.39. The highest BCUT2D eigenvalue weighted by molar-refractivity contribution is 5.83. The van der Waals surface area contributed by atoms with Gasteiger partial charge < -0.3 is 9.64 Å². The number of benzene rings is 2. The molecule has 0 spiro atoms. The van der Waals surface area contributed by atoms with Crippen molar-refractivity contribution in [3.8, 4) is 11.5 Å². The zero-order valence-corrected chi connectivity index (χ0v) is 18.5. The molecule has 2 atom stereocenters. The monoisotopic (exact) mass is 428 g/mol. The SMILES string of the molecule is CCC(C)c1ccccc1Oc1ccc(C2CC(=O)N(Cc3ccccn3)C2)c(C=O)c1. The van der Waals surface area contributed by atoms with Crippen LogP contribution in [0.1, 0.15) is 65.7 Å². The van der Waals surface area contributed by atoms with Gasteiger partial charge in [-0.2, -0.15) is 0 Å². The summed E-state index contributed by atoms with van der Waals surface area (Å²) in [6, 6.07) is 19.3. The van der Waals surface area contributed by atoms with E-state index < -0.39 is 0 Å². The molecule has 0 radical (unpaired) electrons. The molecule has 1 amide bonds. The van der Waals surface area contributed by atoms with E-state index in [2.05, 4.69) is 24.9 Å². The first-order valence-corrected chi connectivity index (χ1v) is 11.1. The Morgan fingerprint density at radius 1 is 1.16 bits per heavy atom. The number of pyridine rings is 1. The smallest absolute Gasteiger partial charge is 0.223 e. The lowest BCUT2D eigenvalue weighted by atomic mass is 9.93. The van der Waals surface area contributed by atoms with Gasteiger partial charge in [0, 0.05) is 30.6 Å². The van der Waals surface area contributed by atoms with Crippen LogP contribution in [0.2, 0.25) is 0 Å². The summed E-state index contributed by atoms with van der Waals surface area (Å²) in [5.41, 5.74) is 3.47. The molecule has 1 saturated heterocycles. The van der Waals surface area contributed by atoms with Crippen LogP contribution in [0.15, 0.2) is 66.9 Å². The maximum Gasteiger partial charge on any atom is 0.223 e. The number of nitrogens with zero attached hydrogens (tertiary/aromatic N) is 2. The third-order valence-electron chi connectivity index (χ3n) is 6.21. The summed E-state index contributed by atoms with van der Waals surface area (Å²) >= 11 is 0. The van der Waals surface area contributed by atoms with Crippen LogP contribution < -0.4 is 4.74 Å². The average molecular weight is 429 g/mol. The number of aromatic nitrogens is 1. The van der Waals surface area contributed by atoms with Crippen LogP contribution >= 0.6 is 0 Å². The fourth-order valence-electron chi connectivity index (χ4n) is 4.24. The van der Waals surface area contributed by atoms with Crippen LogP contribution in [0, 0.1) is 0 Å². The van der Waals surface area contributed by atoms with Gasteiger partial charge in [0.15, 0.2) is 0 Å². The molecule has 32 heavy (non-hydrogen) atoms. The average Bonchev–Trinajstić information content (AvgIpc) is 3.19. The fraction of sp³-hybridized carbons (Fsp3) is 0.296. The zero-order chi connectivity index (χ0) is 22.5. The summed E-state index contributed by atoms with van der Waals surface area (Å²) in [6.07, 6.45) is 4.00. The number of aldehydes is 1. The van der Waals surface area contributed by atoms with E-state index in [1.54, 1.807) is 12.3 Å². The Labute approximate surface area is 189 Å². The van der Waals surface area contributed by atoms with Gasteiger partial charge in [-0.3, -0.25) is 14.6 Å². The topological polar surface area (TPSA) is 59.5 Å². The van der Waals surface area contributed by atoms with Crippen molar-refractivity contribution in [3.63, 3.8) is 0 Å². The van der Waals surface area contributed by atoms with Gasteiger partial charge in [0.1, 0.15) is 17.8 Å². The lowest BCUT2D eigenvalue weighted by Gasteiger charge is -2.18. The fourth-order valence-corrected chi connectivity index (χ4v) is 4.24. The van der Waals surface area contributed by atoms with Crippen LogP contribution in [0.4, 0.5) is 0 Å². The van der Waals surface area contributed by atoms with Crippen LogP contribution in [0.3, 0.4) is 0 Å². The lowest BCUT2D eigenvalue weighted by Crippen LogP contribution is -2.24. The number of carbonyl (C=O) groups excluding carboxylic acids is 2. The lowest BCUT2D eigenvalue weighted by molar-refractivity contribution is -0.128. The number of ether oxygens (including phenoxy) is 1. The summed E-state index contributed by atoms with van der Waals surface area (Å²) in [7, 11) is 0. The second-order valence-electron chi connectivity index (χ2n) is 8.35. The van der Waals surface area contributed by atoms with Crippen LogP contribution in [-0.2, 0) is 11.3 Å². The highest BCUT2D eigenvalue weighted by atomic mass is 16.5. The standard InChI is InChI=1S/C27H28N2O3/c1-3-19(2)24-9-4-5-10-26(24)32-23-11-12-25(21(14-23)18-30)20-15-27(31)29(16-20)17-22-8-6-7-13-28-22/h4-14,18-20H,3,15-17H2,1-2H3. The Bertz CT molecular complexity index is 1100. The third kappa shape index (κ3) is 4.72. The number of amides is 1. The van der Waals surface area contributed by atoms with E-state index in [-0.39, 0.29) is 11.8 Å². The minimum Gasteiger partial charge on any atom is -0.457 e. The first kappa shape index (κ1) is 21.8. The van der Waals surface area contributed by atoms with Gasteiger partial charge in [0.25, 0.3) is 0 Å². The Balaban J connectivity index is 1.52. The number of carbonyl (C=O) groups is 2. The number of rotatable bonds is 8. The van der Waals surface area contributed by atoms with Gasteiger partial charge in [-0.25, -0.2) is 0 Å². The highest BCUT2D eigenvalue weighted by Gasteiger charge is 2.32. The molecule has 1 fully saturated rings. The minimum atomic E-state index is -0.0205. The molecule has 0 bridgehead atoms. The minimum absolute atomic E-state index is 0.0205. The molecule has 4 rings (SSSR count). The second kappa shape index (κ2) is 9.77. The van der Waals surface area contributed by atoms with Crippen LogP contribution in [-0.4, -0.2) is 28.6 Å². The van der Waals surface area contributed by atoms with Crippen molar-refractivity contribution in [2.75, 3.05) is 6.54 Å².